The fourth-order valence-corrected chi connectivity index (χ4v) is 2.27. The van der Waals surface area contributed by atoms with Crippen LogP contribution in [0.3, 0.4) is 0 Å². The van der Waals surface area contributed by atoms with Gasteiger partial charge >= 0.3 is 0 Å². The van der Waals surface area contributed by atoms with E-state index in [0.717, 1.165) is 13.0 Å². The molecule has 0 aromatic heterocycles. The second kappa shape index (κ2) is 13.8. The summed E-state index contributed by atoms with van der Waals surface area (Å²) in [5, 5.41) is 28.4. The maximum atomic E-state index is 9.67. The van der Waals surface area contributed by atoms with E-state index in [2.05, 4.69) is 13.8 Å². The van der Waals surface area contributed by atoms with Crippen molar-refractivity contribution in [2.45, 2.75) is 51.3 Å². The Morgan fingerprint density at radius 1 is 0.920 bits per heavy atom. The Balaban J connectivity index is 1.89. The fraction of sp³-hybridized carbons (Fsp3) is 1.00. The van der Waals surface area contributed by atoms with E-state index in [-0.39, 0.29) is 13.0 Å². The number of hydrogen-bond donors (Lipinski definition) is 3. The highest BCUT2D eigenvalue weighted by Crippen LogP contribution is 2.20. The minimum atomic E-state index is -1.09. The lowest BCUT2D eigenvalue weighted by Gasteiger charge is -2.35. The summed E-state index contributed by atoms with van der Waals surface area (Å²) in [7, 11) is 0. The van der Waals surface area contributed by atoms with Crippen molar-refractivity contribution in [2.75, 3.05) is 52.9 Å². The molecule has 25 heavy (non-hydrogen) atoms. The van der Waals surface area contributed by atoms with Gasteiger partial charge in [0.2, 0.25) is 0 Å². The molecule has 150 valence electrons. The van der Waals surface area contributed by atoms with Gasteiger partial charge in [-0.25, -0.2) is 0 Å². The van der Waals surface area contributed by atoms with Crippen LogP contribution in [0.1, 0.15) is 26.7 Å². The van der Waals surface area contributed by atoms with Gasteiger partial charge in [-0.2, -0.15) is 0 Å². The zero-order chi connectivity index (χ0) is 18.5. The van der Waals surface area contributed by atoms with Crippen molar-refractivity contribution in [1.29, 1.82) is 0 Å². The highest BCUT2D eigenvalue weighted by Gasteiger charge is 2.36. The molecule has 8 heteroatoms. The van der Waals surface area contributed by atoms with E-state index >= 15 is 0 Å². The number of aliphatic hydroxyl groups is 3. The summed E-state index contributed by atoms with van der Waals surface area (Å²) >= 11 is 0. The first-order valence-corrected chi connectivity index (χ1v) is 9.01. The minimum Gasteiger partial charge on any atom is -0.394 e. The molecule has 3 N–H and O–H groups in total. The van der Waals surface area contributed by atoms with Crippen molar-refractivity contribution >= 4 is 0 Å². The third kappa shape index (κ3) is 10.4. The smallest absolute Gasteiger partial charge is 0.160 e. The molecule has 1 aliphatic heterocycles. The molecular weight excluding hydrogens is 332 g/mol. The number of ether oxygens (including phenoxy) is 5. The van der Waals surface area contributed by atoms with E-state index in [1.165, 1.54) is 0 Å². The molecule has 4 atom stereocenters. The predicted molar refractivity (Wildman–Crippen MR) is 90.2 cm³/mol. The van der Waals surface area contributed by atoms with Gasteiger partial charge in [-0.15, -0.1) is 0 Å². The number of rotatable bonds is 14. The van der Waals surface area contributed by atoms with E-state index in [4.69, 9.17) is 28.8 Å². The lowest BCUT2D eigenvalue weighted by molar-refractivity contribution is -0.259. The van der Waals surface area contributed by atoms with Crippen LogP contribution < -0.4 is 0 Å². The van der Waals surface area contributed by atoms with Crippen LogP contribution >= 0.6 is 0 Å². The van der Waals surface area contributed by atoms with E-state index in [0.29, 0.717) is 45.6 Å². The maximum Gasteiger partial charge on any atom is 0.160 e. The van der Waals surface area contributed by atoms with Gasteiger partial charge in [-0.1, -0.05) is 13.8 Å². The number of hydrogen-bond acceptors (Lipinski definition) is 8. The van der Waals surface area contributed by atoms with Gasteiger partial charge in [-0.05, 0) is 12.3 Å². The Morgan fingerprint density at radius 3 is 2.04 bits per heavy atom. The Kier molecular flexibility index (Phi) is 12.6. The lowest BCUT2D eigenvalue weighted by Crippen LogP contribution is -2.50. The van der Waals surface area contributed by atoms with Crippen LogP contribution in [-0.2, 0) is 23.7 Å². The number of aliphatic hydroxyl groups excluding tert-OH is 3. The molecular formula is C17H34O8. The standard InChI is InChI=1S/C17H34O8/c1-13(2)3-4-21-5-6-22-7-8-23-9-10-24-16-11-14(19)17(20)15(12-18)25-16/h13-20H,3-12H2,1-2H3. The first-order chi connectivity index (χ1) is 12.0. The first kappa shape index (κ1) is 22.7. The average Bonchev–Trinajstić information content (AvgIpc) is 2.58. The highest BCUT2D eigenvalue weighted by atomic mass is 16.7. The lowest BCUT2D eigenvalue weighted by atomic mass is 10.0. The van der Waals surface area contributed by atoms with Crippen LogP contribution in [-0.4, -0.2) is 92.8 Å². The summed E-state index contributed by atoms with van der Waals surface area (Å²) in [6, 6.07) is 0. The van der Waals surface area contributed by atoms with E-state index in [9.17, 15) is 10.2 Å². The summed E-state index contributed by atoms with van der Waals surface area (Å²) in [6.07, 6.45) is -2.31. The van der Waals surface area contributed by atoms with Crippen molar-refractivity contribution in [3.63, 3.8) is 0 Å². The summed E-state index contributed by atoms with van der Waals surface area (Å²) in [6.45, 7) is 7.49. The molecule has 0 spiro atoms. The topological polar surface area (TPSA) is 107 Å². The minimum absolute atomic E-state index is 0.164. The maximum absolute atomic E-state index is 9.67. The highest BCUT2D eigenvalue weighted by molar-refractivity contribution is 4.82. The Labute approximate surface area is 150 Å². The van der Waals surface area contributed by atoms with Gasteiger partial charge in [0.1, 0.15) is 12.2 Å². The van der Waals surface area contributed by atoms with Crippen LogP contribution in [0.5, 0.6) is 0 Å². The zero-order valence-electron chi connectivity index (χ0n) is 15.3. The van der Waals surface area contributed by atoms with Crippen LogP contribution in [0.2, 0.25) is 0 Å². The second-order valence-corrected chi connectivity index (χ2v) is 6.47. The predicted octanol–water partition coefficient (Wildman–Crippen LogP) is -0.0720. The Hall–Kier alpha value is -0.320. The van der Waals surface area contributed by atoms with Gasteiger partial charge in [-0.3, -0.25) is 0 Å². The largest absolute Gasteiger partial charge is 0.394 e. The normalized spacial score (nSPS) is 27.1. The summed E-state index contributed by atoms with van der Waals surface area (Å²) in [5.41, 5.74) is 0. The van der Waals surface area contributed by atoms with Crippen LogP contribution in [0, 0.1) is 5.92 Å². The molecule has 8 nitrogen and oxygen atoms in total. The van der Waals surface area contributed by atoms with Crippen molar-refractivity contribution in [2.24, 2.45) is 5.92 Å². The SMILES string of the molecule is CC(C)CCOCCOCCOCCOC1CC(O)C(O)C(CO)O1. The Morgan fingerprint density at radius 2 is 1.48 bits per heavy atom. The molecule has 0 saturated carbocycles. The van der Waals surface area contributed by atoms with Crippen LogP contribution in [0.4, 0.5) is 0 Å². The summed E-state index contributed by atoms with van der Waals surface area (Å²) in [5.74, 6) is 0.651. The Bertz CT molecular complexity index is 315. The molecule has 0 bridgehead atoms. The third-order valence-electron chi connectivity index (χ3n) is 3.83. The third-order valence-corrected chi connectivity index (χ3v) is 3.83. The van der Waals surface area contributed by atoms with Crippen molar-refractivity contribution < 1.29 is 39.0 Å². The van der Waals surface area contributed by atoms with Crippen molar-refractivity contribution in [1.82, 2.24) is 0 Å². The first-order valence-electron chi connectivity index (χ1n) is 9.01. The van der Waals surface area contributed by atoms with Crippen LogP contribution in [0.15, 0.2) is 0 Å². The summed E-state index contributed by atoms with van der Waals surface area (Å²) in [4.78, 5) is 0. The molecule has 0 radical (unpaired) electrons. The zero-order valence-corrected chi connectivity index (χ0v) is 15.3. The van der Waals surface area contributed by atoms with E-state index < -0.39 is 24.6 Å². The molecule has 0 amide bonds. The van der Waals surface area contributed by atoms with E-state index in [1.54, 1.807) is 0 Å². The van der Waals surface area contributed by atoms with Crippen LogP contribution in [0.25, 0.3) is 0 Å². The second-order valence-electron chi connectivity index (χ2n) is 6.47. The quantitative estimate of drug-likeness (QED) is 0.367. The molecule has 1 fully saturated rings. The molecule has 1 heterocycles. The van der Waals surface area contributed by atoms with E-state index in [1.807, 2.05) is 0 Å². The molecule has 0 aromatic rings. The van der Waals surface area contributed by atoms with Gasteiger partial charge in [0.15, 0.2) is 6.29 Å². The fourth-order valence-electron chi connectivity index (χ4n) is 2.27. The summed E-state index contributed by atoms with van der Waals surface area (Å²) < 4.78 is 27.0. The molecule has 1 saturated heterocycles. The van der Waals surface area contributed by atoms with Crippen molar-refractivity contribution in [3.8, 4) is 0 Å². The molecule has 1 aliphatic rings. The molecule has 4 unspecified atom stereocenters. The van der Waals surface area contributed by atoms with Gasteiger partial charge < -0.3 is 39.0 Å². The molecule has 1 rings (SSSR count). The van der Waals surface area contributed by atoms with Gasteiger partial charge in [0, 0.05) is 13.0 Å². The monoisotopic (exact) mass is 366 g/mol. The molecule has 0 aromatic carbocycles. The van der Waals surface area contributed by atoms with Gasteiger partial charge in [0.05, 0.1) is 52.4 Å². The average molecular weight is 366 g/mol. The van der Waals surface area contributed by atoms with Gasteiger partial charge in [0.25, 0.3) is 0 Å². The van der Waals surface area contributed by atoms with Crippen molar-refractivity contribution in [3.05, 3.63) is 0 Å². The molecule has 0 aliphatic carbocycles.